The van der Waals surface area contributed by atoms with E-state index >= 15 is 0 Å². The normalized spacial score (nSPS) is 12.7. The first kappa shape index (κ1) is 15.5. The minimum atomic E-state index is -3.40. The third-order valence-electron chi connectivity index (χ3n) is 2.66. The van der Waals surface area contributed by atoms with E-state index in [-0.39, 0.29) is 10.9 Å². The van der Waals surface area contributed by atoms with Gasteiger partial charge in [0.05, 0.1) is 10.9 Å². The number of hydrogen-bond acceptors (Lipinski definition) is 3. The molecule has 2 N–H and O–H groups in total. The summed E-state index contributed by atoms with van der Waals surface area (Å²) in [6, 6.07) is 6.55. The fourth-order valence-electron chi connectivity index (χ4n) is 1.51. The molecule has 0 radical (unpaired) electrons. The SMILES string of the molecule is C#CC(CC)Nc1ccc(S(=O)(=O)NCCC)cc1. The number of anilines is 1. The second kappa shape index (κ2) is 7.17. The van der Waals surface area contributed by atoms with Crippen LogP contribution in [0.3, 0.4) is 0 Å². The lowest BCUT2D eigenvalue weighted by molar-refractivity contribution is 0.581. The highest BCUT2D eigenvalue weighted by Gasteiger charge is 2.12. The summed E-state index contributed by atoms with van der Waals surface area (Å²) < 4.78 is 26.3. The average molecular weight is 280 g/mol. The molecule has 1 aromatic rings. The molecule has 0 fully saturated rings. The molecular weight excluding hydrogens is 260 g/mol. The van der Waals surface area contributed by atoms with Crippen molar-refractivity contribution in [1.82, 2.24) is 4.72 Å². The molecule has 0 aromatic heterocycles. The molecule has 1 aromatic carbocycles. The molecule has 0 aliphatic carbocycles. The van der Waals surface area contributed by atoms with E-state index in [1.165, 1.54) is 0 Å². The van der Waals surface area contributed by atoms with Gasteiger partial charge in [-0.3, -0.25) is 0 Å². The van der Waals surface area contributed by atoms with Gasteiger partial charge in [-0.1, -0.05) is 19.8 Å². The summed E-state index contributed by atoms with van der Waals surface area (Å²) in [7, 11) is -3.40. The Kier molecular flexibility index (Phi) is 5.87. The van der Waals surface area contributed by atoms with Crippen LogP contribution in [-0.4, -0.2) is 21.0 Å². The second-order valence-corrected chi connectivity index (χ2v) is 5.96. The highest BCUT2D eigenvalue weighted by atomic mass is 32.2. The number of terminal acetylenes is 1. The van der Waals surface area contributed by atoms with E-state index in [1.54, 1.807) is 24.3 Å². The lowest BCUT2D eigenvalue weighted by Crippen LogP contribution is -2.24. The molecule has 0 saturated heterocycles. The first-order valence-electron chi connectivity index (χ1n) is 6.35. The Hall–Kier alpha value is -1.51. The Morgan fingerprint density at radius 2 is 1.89 bits per heavy atom. The van der Waals surface area contributed by atoms with Crippen LogP contribution in [0.15, 0.2) is 29.2 Å². The monoisotopic (exact) mass is 280 g/mol. The van der Waals surface area contributed by atoms with E-state index in [2.05, 4.69) is 16.0 Å². The van der Waals surface area contributed by atoms with Gasteiger partial charge in [0.1, 0.15) is 0 Å². The number of hydrogen-bond donors (Lipinski definition) is 2. The van der Waals surface area contributed by atoms with Gasteiger partial charge < -0.3 is 5.32 Å². The maximum absolute atomic E-state index is 11.9. The standard InChI is InChI=1S/C14H20N2O2S/c1-4-11-15-19(17,18)14-9-7-13(8-10-14)16-12(5-2)6-3/h2,7-10,12,15-16H,4,6,11H2,1,3H3. The van der Waals surface area contributed by atoms with Crippen molar-refractivity contribution in [3.05, 3.63) is 24.3 Å². The molecule has 1 rings (SSSR count). The zero-order valence-corrected chi connectivity index (χ0v) is 12.1. The van der Waals surface area contributed by atoms with Crippen LogP contribution >= 0.6 is 0 Å². The highest BCUT2D eigenvalue weighted by Crippen LogP contribution is 2.15. The van der Waals surface area contributed by atoms with Gasteiger partial charge in [0.25, 0.3) is 0 Å². The third kappa shape index (κ3) is 4.58. The molecule has 0 saturated carbocycles. The summed E-state index contributed by atoms with van der Waals surface area (Å²) in [6.45, 7) is 4.35. The molecule has 4 nitrogen and oxygen atoms in total. The molecule has 0 amide bonds. The number of benzene rings is 1. The van der Waals surface area contributed by atoms with E-state index in [0.717, 1.165) is 18.5 Å². The van der Waals surface area contributed by atoms with Gasteiger partial charge >= 0.3 is 0 Å². The van der Waals surface area contributed by atoms with Gasteiger partial charge in [0, 0.05) is 12.2 Å². The van der Waals surface area contributed by atoms with Crippen molar-refractivity contribution in [2.24, 2.45) is 0 Å². The van der Waals surface area contributed by atoms with Crippen LogP contribution in [0.5, 0.6) is 0 Å². The minimum Gasteiger partial charge on any atom is -0.372 e. The van der Waals surface area contributed by atoms with Crippen molar-refractivity contribution in [3.8, 4) is 12.3 Å². The van der Waals surface area contributed by atoms with Crippen molar-refractivity contribution in [1.29, 1.82) is 0 Å². The van der Waals surface area contributed by atoms with Gasteiger partial charge in [-0.05, 0) is 37.1 Å². The van der Waals surface area contributed by atoms with E-state index in [9.17, 15) is 8.42 Å². The van der Waals surface area contributed by atoms with Crippen LogP contribution in [0, 0.1) is 12.3 Å². The van der Waals surface area contributed by atoms with Gasteiger partial charge in [0.2, 0.25) is 10.0 Å². The summed E-state index contributed by atoms with van der Waals surface area (Å²) in [4.78, 5) is 0.264. The largest absolute Gasteiger partial charge is 0.372 e. The fourth-order valence-corrected chi connectivity index (χ4v) is 2.65. The fraction of sp³-hybridized carbons (Fsp3) is 0.429. The molecule has 0 aliphatic rings. The summed E-state index contributed by atoms with van der Waals surface area (Å²) in [5, 5.41) is 3.15. The van der Waals surface area contributed by atoms with Gasteiger partial charge in [-0.25, -0.2) is 13.1 Å². The maximum atomic E-state index is 11.9. The predicted octanol–water partition coefficient (Wildman–Crippen LogP) is 2.20. The molecule has 1 atom stereocenters. The van der Waals surface area contributed by atoms with Crippen LogP contribution in [0.2, 0.25) is 0 Å². The van der Waals surface area contributed by atoms with Gasteiger partial charge in [0.15, 0.2) is 0 Å². The van der Waals surface area contributed by atoms with Crippen molar-refractivity contribution >= 4 is 15.7 Å². The molecule has 0 bridgehead atoms. The highest BCUT2D eigenvalue weighted by molar-refractivity contribution is 7.89. The first-order valence-corrected chi connectivity index (χ1v) is 7.84. The van der Waals surface area contributed by atoms with Crippen LogP contribution < -0.4 is 10.0 Å². The lowest BCUT2D eigenvalue weighted by Gasteiger charge is -2.12. The number of nitrogens with one attached hydrogen (secondary N) is 2. The Morgan fingerprint density at radius 3 is 2.37 bits per heavy atom. The lowest BCUT2D eigenvalue weighted by atomic mass is 10.2. The second-order valence-electron chi connectivity index (χ2n) is 4.19. The Labute approximate surface area is 115 Å². The molecule has 104 valence electrons. The quantitative estimate of drug-likeness (QED) is 0.753. The van der Waals surface area contributed by atoms with Crippen LogP contribution in [0.1, 0.15) is 26.7 Å². The molecule has 0 aliphatic heterocycles. The zero-order chi connectivity index (χ0) is 14.3. The van der Waals surface area contributed by atoms with Gasteiger partial charge in [-0.15, -0.1) is 6.42 Å². The molecule has 1 unspecified atom stereocenters. The molecule has 0 heterocycles. The first-order chi connectivity index (χ1) is 9.03. The van der Waals surface area contributed by atoms with Crippen LogP contribution in [0.25, 0.3) is 0 Å². The smallest absolute Gasteiger partial charge is 0.240 e. The predicted molar refractivity (Wildman–Crippen MR) is 78.5 cm³/mol. The van der Waals surface area contributed by atoms with Crippen LogP contribution in [-0.2, 0) is 10.0 Å². The van der Waals surface area contributed by atoms with Crippen molar-refractivity contribution in [3.63, 3.8) is 0 Å². The topological polar surface area (TPSA) is 58.2 Å². The average Bonchev–Trinajstić information content (AvgIpc) is 2.43. The maximum Gasteiger partial charge on any atom is 0.240 e. The minimum absolute atomic E-state index is 0.0410. The summed E-state index contributed by atoms with van der Waals surface area (Å²) in [5.74, 6) is 2.63. The van der Waals surface area contributed by atoms with Crippen molar-refractivity contribution < 1.29 is 8.42 Å². The zero-order valence-electron chi connectivity index (χ0n) is 11.3. The van der Waals surface area contributed by atoms with E-state index < -0.39 is 10.0 Å². The molecule has 0 spiro atoms. The van der Waals surface area contributed by atoms with Gasteiger partial charge in [-0.2, -0.15) is 0 Å². The summed E-state index contributed by atoms with van der Waals surface area (Å²) in [6.07, 6.45) is 6.94. The number of rotatable bonds is 7. The number of sulfonamides is 1. The molecule has 5 heteroatoms. The van der Waals surface area contributed by atoms with Crippen molar-refractivity contribution in [2.75, 3.05) is 11.9 Å². The summed E-state index contributed by atoms with van der Waals surface area (Å²) in [5.41, 5.74) is 0.819. The Bertz CT molecular complexity index is 530. The molecular formula is C14H20N2O2S. The Balaban J connectivity index is 2.79. The third-order valence-corrected chi connectivity index (χ3v) is 4.13. The Morgan fingerprint density at radius 1 is 1.26 bits per heavy atom. The van der Waals surface area contributed by atoms with E-state index in [0.29, 0.717) is 6.54 Å². The van der Waals surface area contributed by atoms with E-state index in [4.69, 9.17) is 6.42 Å². The van der Waals surface area contributed by atoms with Crippen molar-refractivity contribution in [2.45, 2.75) is 37.6 Å². The molecule has 19 heavy (non-hydrogen) atoms. The van der Waals surface area contributed by atoms with E-state index in [1.807, 2.05) is 13.8 Å². The van der Waals surface area contributed by atoms with Crippen LogP contribution in [0.4, 0.5) is 5.69 Å². The summed E-state index contributed by atoms with van der Waals surface area (Å²) >= 11 is 0.